The van der Waals surface area contributed by atoms with Crippen LogP contribution >= 0.6 is 0 Å². The molecule has 0 fully saturated rings. The van der Waals surface area contributed by atoms with Crippen molar-refractivity contribution < 1.29 is 9.63 Å². The summed E-state index contributed by atoms with van der Waals surface area (Å²) in [6.45, 7) is 7.10. The molecule has 0 spiro atoms. The molecule has 0 atom stereocenters. The zero-order valence-corrected chi connectivity index (χ0v) is 14.4. The van der Waals surface area contributed by atoms with Crippen LogP contribution in [-0.2, 0) is 9.63 Å². The second kappa shape index (κ2) is 14.3. The quantitative estimate of drug-likeness (QED) is 0.329. The van der Waals surface area contributed by atoms with Crippen molar-refractivity contribution in [3.8, 4) is 0 Å². The largest absolute Gasteiger partial charge is 0.356 e. The van der Waals surface area contributed by atoms with Crippen LogP contribution in [0.25, 0.3) is 0 Å². The fourth-order valence-electron chi connectivity index (χ4n) is 1.80. The second-order valence-electron chi connectivity index (χ2n) is 4.94. The molecule has 22 heavy (non-hydrogen) atoms. The Balaban J connectivity index is 0.000000433. The Labute approximate surface area is 134 Å². The third kappa shape index (κ3) is 11.1. The number of amidine groups is 1. The number of rotatable bonds is 7. The highest BCUT2D eigenvalue weighted by molar-refractivity contribution is 6.00. The van der Waals surface area contributed by atoms with E-state index in [1.54, 1.807) is 14.0 Å². The van der Waals surface area contributed by atoms with Crippen LogP contribution in [0.1, 0.15) is 52.9 Å². The maximum atomic E-state index is 10.3. The van der Waals surface area contributed by atoms with Gasteiger partial charge in [0.25, 0.3) is 0 Å². The molecule has 5 nitrogen and oxygen atoms in total. The summed E-state index contributed by atoms with van der Waals surface area (Å²) in [7, 11) is 1.75. The highest BCUT2D eigenvalue weighted by Gasteiger charge is 2.04. The Hall–Kier alpha value is -1.62. The number of hydroxylamine groups is 1. The van der Waals surface area contributed by atoms with Crippen LogP contribution in [0, 0.1) is 0 Å². The summed E-state index contributed by atoms with van der Waals surface area (Å²) < 4.78 is 0. The van der Waals surface area contributed by atoms with Gasteiger partial charge in [-0.1, -0.05) is 38.0 Å². The summed E-state index contributed by atoms with van der Waals surface area (Å²) >= 11 is 0. The van der Waals surface area contributed by atoms with Gasteiger partial charge in [-0.3, -0.25) is 14.6 Å². The number of aliphatic imine (C=N–C) groups is 1. The van der Waals surface area contributed by atoms with E-state index in [4.69, 9.17) is 4.84 Å². The van der Waals surface area contributed by atoms with Gasteiger partial charge in [-0.15, -0.1) is 0 Å². The molecule has 0 aromatic carbocycles. The molecule has 1 aliphatic rings. The molecule has 5 heteroatoms. The zero-order chi connectivity index (χ0) is 16.6. The van der Waals surface area contributed by atoms with Gasteiger partial charge in [0.15, 0.2) is 5.84 Å². The summed E-state index contributed by atoms with van der Waals surface area (Å²) in [5.41, 5.74) is 3.93. The van der Waals surface area contributed by atoms with Crippen molar-refractivity contribution in [2.75, 3.05) is 20.2 Å². The number of amides is 1. The smallest absolute Gasteiger partial charge is 0.216 e. The first-order chi connectivity index (χ1) is 10.7. The first-order valence-corrected chi connectivity index (χ1v) is 8.11. The van der Waals surface area contributed by atoms with Crippen molar-refractivity contribution in [2.45, 2.75) is 52.9 Å². The molecule has 126 valence electrons. The Morgan fingerprint density at radius 1 is 1.32 bits per heavy atom. The van der Waals surface area contributed by atoms with Crippen LogP contribution < -0.4 is 10.8 Å². The van der Waals surface area contributed by atoms with E-state index < -0.39 is 0 Å². The minimum atomic E-state index is 0.0751. The zero-order valence-electron chi connectivity index (χ0n) is 14.4. The van der Waals surface area contributed by atoms with Gasteiger partial charge in [0.05, 0.1) is 6.61 Å². The van der Waals surface area contributed by atoms with Crippen LogP contribution in [0.2, 0.25) is 0 Å². The molecule has 0 saturated carbocycles. The number of hydrogen-bond donors (Lipinski definition) is 2. The molecule has 0 aromatic heterocycles. The highest BCUT2D eigenvalue weighted by Crippen LogP contribution is 2.10. The maximum Gasteiger partial charge on any atom is 0.216 e. The molecule has 2 N–H and O–H groups in total. The van der Waals surface area contributed by atoms with E-state index in [1.807, 2.05) is 6.92 Å². The lowest BCUT2D eigenvalue weighted by molar-refractivity contribution is -0.118. The molecule has 0 aliphatic heterocycles. The lowest BCUT2D eigenvalue weighted by Gasteiger charge is -2.11. The summed E-state index contributed by atoms with van der Waals surface area (Å²) in [6, 6.07) is 0. The van der Waals surface area contributed by atoms with Crippen LogP contribution in [0.5, 0.6) is 0 Å². The van der Waals surface area contributed by atoms with E-state index in [1.165, 1.54) is 12.8 Å². The predicted octanol–water partition coefficient (Wildman–Crippen LogP) is 3.14. The third-order valence-corrected chi connectivity index (χ3v) is 2.96. The second-order valence-corrected chi connectivity index (χ2v) is 4.94. The van der Waals surface area contributed by atoms with Gasteiger partial charge < -0.3 is 5.32 Å². The average Bonchev–Trinajstić information content (AvgIpc) is 2.54. The van der Waals surface area contributed by atoms with Gasteiger partial charge in [0, 0.05) is 26.1 Å². The van der Waals surface area contributed by atoms with Crippen molar-refractivity contribution in [2.24, 2.45) is 4.99 Å². The summed E-state index contributed by atoms with van der Waals surface area (Å²) in [6.07, 6.45) is 12.1. The van der Waals surface area contributed by atoms with Crippen molar-refractivity contribution >= 4 is 11.7 Å². The standard InChI is InChI=1S/C10H16N2O.C7H15NO/c1-3-13-12-10(11-2)9-7-5-4-6-8-9;1-3-4-5-6-8-7(2)9/h5,7-8H,3-4,6H2,1-2H3,(H,11,12);3-6H2,1-2H3,(H,8,9). The lowest BCUT2D eigenvalue weighted by Crippen LogP contribution is -2.25. The third-order valence-electron chi connectivity index (χ3n) is 2.96. The molecule has 1 amide bonds. The predicted molar refractivity (Wildman–Crippen MR) is 92.8 cm³/mol. The van der Waals surface area contributed by atoms with E-state index in [9.17, 15) is 4.79 Å². The molecule has 0 unspecified atom stereocenters. The van der Waals surface area contributed by atoms with E-state index >= 15 is 0 Å². The molecule has 0 radical (unpaired) electrons. The fraction of sp³-hybridized carbons (Fsp3) is 0.647. The van der Waals surface area contributed by atoms with E-state index in [2.05, 4.69) is 40.9 Å². The lowest BCUT2D eigenvalue weighted by atomic mass is 10.1. The van der Waals surface area contributed by atoms with Crippen LogP contribution in [0.4, 0.5) is 0 Å². The molecule has 0 heterocycles. The van der Waals surface area contributed by atoms with Crippen molar-refractivity contribution in [1.82, 2.24) is 10.8 Å². The number of carbonyl (C=O) groups excluding carboxylic acids is 1. The van der Waals surface area contributed by atoms with E-state index in [0.717, 1.165) is 37.2 Å². The molecule has 1 rings (SSSR count). The summed E-state index contributed by atoms with van der Waals surface area (Å²) in [5, 5.41) is 2.74. The Bertz CT molecular complexity index is 387. The van der Waals surface area contributed by atoms with Gasteiger partial charge in [-0.25, -0.2) is 5.48 Å². The van der Waals surface area contributed by atoms with Crippen LogP contribution in [0.3, 0.4) is 0 Å². The summed E-state index contributed by atoms with van der Waals surface area (Å²) in [4.78, 5) is 19.5. The Morgan fingerprint density at radius 3 is 2.59 bits per heavy atom. The minimum Gasteiger partial charge on any atom is -0.356 e. The van der Waals surface area contributed by atoms with Gasteiger partial charge >= 0.3 is 0 Å². The molecule has 0 bridgehead atoms. The molecular formula is C17H31N3O2. The number of carbonyl (C=O) groups is 1. The number of hydrogen-bond acceptors (Lipinski definition) is 3. The topological polar surface area (TPSA) is 62.7 Å². The minimum absolute atomic E-state index is 0.0751. The molecule has 0 aromatic rings. The molecular weight excluding hydrogens is 278 g/mol. The van der Waals surface area contributed by atoms with Crippen LogP contribution in [0.15, 0.2) is 28.8 Å². The first-order valence-electron chi connectivity index (χ1n) is 8.11. The number of nitrogens with one attached hydrogen (secondary N) is 2. The Kier molecular flexibility index (Phi) is 13.3. The number of allylic oxidation sites excluding steroid dienone is 2. The van der Waals surface area contributed by atoms with Crippen LogP contribution in [-0.4, -0.2) is 31.9 Å². The number of unbranched alkanes of at least 4 members (excludes halogenated alkanes) is 2. The molecule has 0 saturated heterocycles. The first kappa shape index (κ1) is 20.4. The fourth-order valence-corrected chi connectivity index (χ4v) is 1.80. The van der Waals surface area contributed by atoms with Gasteiger partial charge in [0.1, 0.15) is 0 Å². The average molecular weight is 309 g/mol. The van der Waals surface area contributed by atoms with E-state index in [-0.39, 0.29) is 5.91 Å². The van der Waals surface area contributed by atoms with E-state index in [0.29, 0.717) is 6.61 Å². The monoisotopic (exact) mass is 309 g/mol. The Morgan fingerprint density at radius 2 is 2.09 bits per heavy atom. The SMILES string of the molecule is CCCCCNC(C)=O.CCONC(=NC)C1=CCCC=C1. The maximum absolute atomic E-state index is 10.3. The number of nitrogens with zero attached hydrogens (tertiary/aromatic N) is 1. The normalized spacial score (nSPS) is 13.8. The van der Waals surface area contributed by atoms with Crippen molar-refractivity contribution in [1.29, 1.82) is 0 Å². The highest BCUT2D eigenvalue weighted by atomic mass is 16.6. The summed E-state index contributed by atoms with van der Waals surface area (Å²) in [5.74, 6) is 0.879. The van der Waals surface area contributed by atoms with Crippen molar-refractivity contribution in [3.63, 3.8) is 0 Å². The van der Waals surface area contributed by atoms with Gasteiger partial charge in [-0.05, 0) is 26.2 Å². The van der Waals surface area contributed by atoms with Crippen molar-refractivity contribution in [3.05, 3.63) is 23.8 Å². The molecule has 1 aliphatic carbocycles. The van der Waals surface area contributed by atoms with Gasteiger partial charge in [-0.2, -0.15) is 0 Å². The van der Waals surface area contributed by atoms with Gasteiger partial charge in [0.2, 0.25) is 5.91 Å².